The number of hydrogen-bond donors (Lipinski definition) is 3. The quantitative estimate of drug-likeness (QED) is 0.788. The van der Waals surface area contributed by atoms with Crippen molar-refractivity contribution in [3.05, 3.63) is 44.7 Å². The lowest BCUT2D eigenvalue weighted by atomic mass is 9.95. The van der Waals surface area contributed by atoms with E-state index in [4.69, 9.17) is 5.11 Å². The molecule has 0 radical (unpaired) electrons. The number of aliphatic carboxylic acids is 1. The van der Waals surface area contributed by atoms with Gasteiger partial charge in [0.05, 0.1) is 17.7 Å². The summed E-state index contributed by atoms with van der Waals surface area (Å²) in [7, 11) is 0. The highest BCUT2D eigenvalue weighted by Crippen LogP contribution is 2.28. The van der Waals surface area contributed by atoms with Crippen LogP contribution >= 0.6 is 0 Å². The van der Waals surface area contributed by atoms with Crippen molar-refractivity contribution in [1.82, 2.24) is 10.2 Å². The Morgan fingerprint density at radius 2 is 1.74 bits per heavy atom. The highest BCUT2D eigenvalue weighted by Gasteiger charge is 2.18. The molecule has 2 aromatic rings. The van der Waals surface area contributed by atoms with Crippen molar-refractivity contribution in [2.24, 2.45) is 0 Å². The van der Waals surface area contributed by atoms with Gasteiger partial charge in [0.25, 0.3) is 5.56 Å². The average molecular weight is 260 g/mol. The predicted octanol–water partition coefficient (Wildman–Crippen LogP) is 1.92. The Hall–Kier alpha value is -2.30. The first kappa shape index (κ1) is 13.1. The predicted molar refractivity (Wildman–Crippen MR) is 72.4 cm³/mol. The molecule has 0 saturated heterocycles. The lowest BCUT2D eigenvalue weighted by molar-refractivity contribution is -0.136. The van der Waals surface area contributed by atoms with E-state index in [0.717, 1.165) is 22.3 Å². The van der Waals surface area contributed by atoms with Gasteiger partial charge in [-0.15, -0.1) is 0 Å². The van der Waals surface area contributed by atoms with Gasteiger partial charge in [0.1, 0.15) is 0 Å². The van der Waals surface area contributed by atoms with Crippen molar-refractivity contribution in [2.45, 2.75) is 27.2 Å². The number of aromatic nitrogens is 2. The van der Waals surface area contributed by atoms with Crippen molar-refractivity contribution >= 4 is 5.97 Å². The highest BCUT2D eigenvalue weighted by molar-refractivity contribution is 5.77. The van der Waals surface area contributed by atoms with Crippen LogP contribution in [0.25, 0.3) is 11.3 Å². The van der Waals surface area contributed by atoms with Gasteiger partial charge in [-0.05, 0) is 31.9 Å². The third kappa shape index (κ3) is 2.45. The smallest absolute Gasteiger partial charge is 0.308 e. The summed E-state index contributed by atoms with van der Waals surface area (Å²) < 4.78 is 0. The number of H-pyrrole nitrogens is 2. The number of hydrogen-bond acceptors (Lipinski definition) is 2. The number of carboxylic acid groups (broad SMARTS) is 1. The third-order valence-corrected chi connectivity index (χ3v) is 3.13. The molecule has 0 unspecified atom stereocenters. The molecule has 0 bridgehead atoms. The minimum absolute atomic E-state index is 0.266. The van der Waals surface area contributed by atoms with Crippen LogP contribution in [0.4, 0.5) is 0 Å². The molecule has 1 heterocycles. The summed E-state index contributed by atoms with van der Waals surface area (Å²) in [5, 5.41) is 14.2. The van der Waals surface area contributed by atoms with Crippen LogP contribution in [0.1, 0.15) is 22.3 Å². The number of nitrogens with one attached hydrogen (secondary N) is 2. The standard InChI is InChI=1S/C14H16N2O3/c1-7-4-8(2)12(9(3)5-7)13-10(6-11(17)18)14(19)16-15-13/h4-5H,6H2,1-3H3,(H,17,18)(H2,15,16,19). The summed E-state index contributed by atoms with van der Waals surface area (Å²) in [4.78, 5) is 22.5. The summed E-state index contributed by atoms with van der Waals surface area (Å²) in [6, 6.07) is 4.02. The van der Waals surface area contributed by atoms with Crippen LogP contribution in [0.5, 0.6) is 0 Å². The van der Waals surface area contributed by atoms with E-state index in [1.54, 1.807) is 0 Å². The van der Waals surface area contributed by atoms with E-state index in [-0.39, 0.29) is 17.5 Å². The SMILES string of the molecule is Cc1cc(C)c(-c2[nH][nH]c(=O)c2CC(=O)O)c(C)c1. The van der Waals surface area contributed by atoms with E-state index in [1.165, 1.54) is 0 Å². The molecule has 0 aliphatic rings. The highest BCUT2D eigenvalue weighted by atomic mass is 16.4. The molecule has 1 aromatic carbocycles. The average Bonchev–Trinajstić information content (AvgIpc) is 2.59. The number of carboxylic acids is 1. The van der Waals surface area contributed by atoms with Crippen LogP contribution in [0.2, 0.25) is 0 Å². The monoisotopic (exact) mass is 260 g/mol. The summed E-state index contributed by atoms with van der Waals surface area (Å²) in [6.07, 6.45) is -0.291. The molecule has 3 N–H and O–H groups in total. The van der Waals surface area contributed by atoms with E-state index >= 15 is 0 Å². The van der Waals surface area contributed by atoms with Crippen LogP contribution in [-0.2, 0) is 11.2 Å². The van der Waals surface area contributed by atoms with Gasteiger partial charge in [0.15, 0.2) is 0 Å². The van der Waals surface area contributed by atoms with E-state index in [2.05, 4.69) is 10.2 Å². The first-order chi connectivity index (χ1) is 8.90. The van der Waals surface area contributed by atoms with Crippen LogP contribution in [-0.4, -0.2) is 21.3 Å². The Bertz CT molecular complexity index is 672. The normalized spacial score (nSPS) is 10.7. The van der Waals surface area contributed by atoms with E-state index < -0.39 is 5.97 Å². The molecule has 1 aromatic heterocycles. The zero-order valence-electron chi connectivity index (χ0n) is 11.1. The molecular formula is C14H16N2O3. The van der Waals surface area contributed by atoms with Gasteiger partial charge in [0.2, 0.25) is 0 Å². The molecular weight excluding hydrogens is 244 g/mol. The number of carbonyl (C=O) groups is 1. The Balaban J connectivity index is 2.66. The van der Waals surface area contributed by atoms with Gasteiger partial charge < -0.3 is 5.11 Å². The van der Waals surface area contributed by atoms with E-state index in [0.29, 0.717) is 5.69 Å². The minimum atomic E-state index is -1.02. The van der Waals surface area contributed by atoms with Crippen molar-refractivity contribution in [2.75, 3.05) is 0 Å². The van der Waals surface area contributed by atoms with E-state index in [1.807, 2.05) is 32.9 Å². The van der Waals surface area contributed by atoms with Crippen LogP contribution < -0.4 is 5.56 Å². The molecule has 0 amide bonds. The molecule has 0 aliphatic carbocycles. The fourth-order valence-corrected chi connectivity index (χ4v) is 2.49. The van der Waals surface area contributed by atoms with Crippen LogP contribution in [0.15, 0.2) is 16.9 Å². The Kier molecular flexibility index (Phi) is 3.29. The maximum atomic E-state index is 11.7. The van der Waals surface area contributed by atoms with Gasteiger partial charge >= 0.3 is 5.97 Å². The lowest BCUT2D eigenvalue weighted by Crippen LogP contribution is -2.11. The van der Waals surface area contributed by atoms with Crippen molar-refractivity contribution < 1.29 is 9.90 Å². The van der Waals surface area contributed by atoms with Gasteiger partial charge in [0, 0.05) is 5.56 Å². The van der Waals surface area contributed by atoms with Gasteiger partial charge in [-0.2, -0.15) is 0 Å². The van der Waals surface area contributed by atoms with E-state index in [9.17, 15) is 9.59 Å². The number of benzene rings is 1. The fraction of sp³-hybridized carbons (Fsp3) is 0.286. The maximum absolute atomic E-state index is 11.7. The molecule has 100 valence electrons. The first-order valence-corrected chi connectivity index (χ1v) is 5.99. The topological polar surface area (TPSA) is 86.0 Å². The molecule has 19 heavy (non-hydrogen) atoms. The molecule has 2 rings (SSSR count). The number of aryl methyl sites for hydroxylation is 3. The maximum Gasteiger partial charge on any atom is 0.308 e. The molecule has 5 heteroatoms. The minimum Gasteiger partial charge on any atom is -0.481 e. The van der Waals surface area contributed by atoms with Crippen molar-refractivity contribution in [3.63, 3.8) is 0 Å². The zero-order valence-corrected chi connectivity index (χ0v) is 11.1. The summed E-state index contributed by atoms with van der Waals surface area (Å²) in [5.74, 6) is -1.02. The summed E-state index contributed by atoms with van der Waals surface area (Å²) >= 11 is 0. The Labute approximate surface area is 110 Å². The molecule has 0 saturated carbocycles. The van der Waals surface area contributed by atoms with Crippen LogP contribution in [0.3, 0.4) is 0 Å². The number of aromatic amines is 2. The summed E-state index contributed by atoms with van der Waals surface area (Å²) in [5.41, 5.74) is 4.51. The van der Waals surface area contributed by atoms with Gasteiger partial charge in [-0.1, -0.05) is 17.7 Å². The molecule has 0 fully saturated rings. The molecule has 0 spiro atoms. The van der Waals surface area contributed by atoms with Crippen molar-refractivity contribution in [1.29, 1.82) is 0 Å². The van der Waals surface area contributed by atoms with Crippen molar-refractivity contribution in [3.8, 4) is 11.3 Å². The first-order valence-electron chi connectivity index (χ1n) is 5.99. The Morgan fingerprint density at radius 3 is 2.26 bits per heavy atom. The fourth-order valence-electron chi connectivity index (χ4n) is 2.49. The summed E-state index contributed by atoms with van der Waals surface area (Å²) in [6.45, 7) is 5.90. The second kappa shape index (κ2) is 4.76. The molecule has 0 atom stereocenters. The lowest BCUT2D eigenvalue weighted by Gasteiger charge is -2.11. The largest absolute Gasteiger partial charge is 0.481 e. The zero-order chi connectivity index (χ0) is 14.2. The molecule has 5 nitrogen and oxygen atoms in total. The second-order valence-corrected chi connectivity index (χ2v) is 4.78. The van der Waals surface area contributed by atoms with Gasteiger partial charge in [-0.25, -0.2) is 0 Å². The Morgan fingerprint density at radius 1 is 1.16 bits per heavy atom. The number of rotatable bonds is 3. The third-order valence-electron chi connectivity index (χ3n) is 3.13. The second-order valence-electron chi connectivity index (χ2n) is 4.78. The molecule has 0 aliphatic heterocycles. The van der Waals surface area contributed by atoms with Gasteiger partial charge in [-0.3, -0.25) is 19.8 Å². The van der Waals surface area contributed by atoms with Crippen LogP contribution in [0, 0.1) is 20.8 Å².